The summed E-state index contributed by atoms with van der Waals surface area (Å²) >= 11 is 4.68. The first-order chi connectivity index (χ1) is 8.49. The van der Waals surface area contributed by atoms with Crippen LogP contribution in [0.4, 0.5) is 5.69 Å². The smallest absolute Gasteiger partial charge is 0.222 e. The molecular weight excluding hydrogens is 456 g/mol. The molecule has 0 saturated carbocycles. The van der Waals surface area contributed by atoms with Gasteiger partial charge in [0.05, 0.1) is 5.69 Å². The van der Waals surface area contributed by atoms with Crippen molar-refractivity contribution in [3.8, 4) is 0 Å². The van der Waals surface area contributed by atoms with Gasteiger partial charge in [-0.25, -0.2) is 0 Å². The lowest BCUT2D eigenvalue weighted by Gasteiger charge is -2.27. The predicted molar refractivity (Wildman–Crippen MR) is 89.7 cm³/mol. The first-order valence-corrected chi connectivity index (χ1v) is 7.84. The number of halogens is 2. The van der Waals surface area contributed by atoms with Crippen molar-refractivity contribution < 1.29 is 4.79 Å². The minimum Gasteiger partial charge on any atom is -0.376 e. The second-order valence-corrected chi connectivity index (χ2v) is 6.76. The standard InChI is InChI=1S/C12H15I2N3O/c1-17(2)11-8(13)5-7(6-9(11)14)12-15-4-3-10(18)16-12/h5-6,12,15H,3-4H2,1-2H3,(H,16,18)/t12-/m1/s1. The first-order valence-electron chi connectivity index (χ1n) is 5.68. The summed E-state index contributed by atoms with van der Waals surface area (Å²) in [6.45, 7) is 0.735. The van der Waals surface area contributed by atoms with Gasteiger partial charge in [-0.3, -0.25) is 10.1 Å². The topological polar surface area (TPSA) is 44.4 Å². The van der Waals surface area contributed by atoms with E-state index in [0.717, 1.165) is 12.1 Å². The molecule has 0 unspecified atom stereocenters. The molecule has 1 saturated heterocycles. The minimum atomic E-state index is -0.0653. The van der Waals surface area contributed by atoms with E-state index in [2.05, 4.69) is 72.8 Å². The van der Waals surface area contributed by atoms with E-state index in [1.54, 1.807) is 0 Å². The number of nitrogens with zero attached hydrogens (tertiary/aromatic N) is 1. The van der Waals surface area contributed by atoms with Crippen LogP contribution in [0.2, 0.25) is 0 Å². The molecule has 98 valence electrons. The molecule has 2 rings (SSSR count). The van der Waals surface area contributed by atoms with Gasteiger partial charge in [-0.2, -0.15) is 0 Å². The van der Waals surface area contributed by atoms with Crippen molar-refractivity contribution in [3.63, 3.8) is 0 Å². The predicted octanol–water partition coefficient (Wildman–Crippen LogP) is 2.07. The van der Waals surface area contributed by atoms with E-state index in [1.807, 2.05) is 14.1 Å². The van der Waals surface area contributed by atoms with Crippen molar-refractivity contribution in [2.24, 2.45) is 0 Å². The van der Waals surface area contributed by atoms with Gasteiger partial charge in [-0.15, -0.1) is 0 Å². The highest BCUT2D eigenvalue weighted by atomic mass is 127. The highest BCUT2D eigenvalue weighted by Crippen LogP contribution is 2.30. The Morgan fingerprint density at radius 1 is 1.28 bits per heavy atom. The molecule has 6 heteroatoms. The van der Waals surface area contributed by atoms with Crippen LogP contribution in [0, 0.1) is 7.14 Å². The summed E-state index contributed by atoms with van der Waals surface area (Å²) in [6.07, 6.45) is 0.491. The fourth-order valence-electron chi connectivity index (χ4n) is 1.99. The van der Waals surface area contributed by atoms with E-state index >= 15 is 0 Å². The third kappa shape index (κ3) is 3.08. The lowest BCUT2D eigenvalue weighted by Crippen LogP contribution is -2.44. The second-order valence-electron chi connectivity index (χ2n) is 4.43. The summed E-state index contributed by atoms with van der Waals surface area (Å²) in [5.41, 5.74) is 2.34. The van der Waals surface area contributed by atoms with Crippen LogP contribution in [-0.2, 0) is 4.79 Å². The van der Waals surface area contributed by atoms with E-state index < -0.39 is 0 Å². The van der Waals surface area contributed by atoms with Crippen molar-refractivity contribution in [3.05, 3.63) is 24.8 Å². The van der Waals surface area contributed by atoms with Crippen LogP contribution in [0.3, 0.4) is 0 Å². The lowest BCUT2D eigenvalue weighted by molar-refractivity contribution is -0.123. The summed E-state index contributed by atoms with van der Waals surface area (Å²) in [4.78, 5) is 13.5. The number of anilines is 1. The Morgan fingerprint density at radius 2 is 1.89 bits per heavy atom. The Bertz CT molecular complexity index is 453. The number of carbonyl (C=O) groups is 1. The summed E-state index contributed by atoms with van der Waals surface area (Å²) in [5.74, 6) is 0.112. The molecule has 1 aromatic rings. The minimum absolute atomic E-state index is 0.0653. The van der Waals surface area contributed by atoms with Crippen LogP contribution < -0.4 is 15.5 Å². The van der Waals surface area contributed by atoms with Crippen LogP contribution in [0.15, 0.2) is 12.1 Å². The van der Waals surface area contributed by atoms with Gasteiger partial charge in [0.25, 0.3) is 0 Å². The Labute approximate surface area is 134 Å². The van der Waals surface area contributed by atoms with E-state index in [4.69, 9.17) is 0 Å². The number of benzene rings is 1. The number of nitrogens with one attached hydrogen (secondary N) is 2. The second kappa shape index (κ2) is 5.91. The third-order valence-electron chi connectivity index (χ3n) is 2.83. The monoisotopic (exact) mass is 471 g/mol. The fraction of sp³-hybridized carbons (Fsp3) is 0.417. The number of rotatable bonds is 2. The Morgan fingerprint density at radius 3 is 2.39 bits per heavy atom. The number of amides is 1. The average Bonchev–Trinajstić information content (AvgIpc) is 2.27. The van der Waals surface area contributed by atoms with Crippen molar-refractivity contribution in [1.29, 1.82) is 0 Å². The quantitative estimate of drug-likeness (QED) is 0.650. The highest BCUT2D eigenvalue weighted by molar-refractivity contribution is 14.1. The molecule has 1 atom stereocenters. The zero-order chi connectivity index (χ0) is 13.3. The Kier molecular flexibility index (Phi) is 4.70. The van der Waals surface area contributed by atoms with Crippen molar-refractivity contribution in [2.75, 3.05) is 25.5 Å². The Hall–Kier alpha value is -0.0900. The molecule has 1 aliphatic rings. The number of hydrogen-bond donors (Lipinski definition) is 2. The zero-order valence-corrected chi connectivity index (χ0v) is 14.6. The molecule has 0 aromatic heterocycles. The van der Waals surface area contributed by atoms with Crippen LogP contribution >= 0.6 is 45.2 Å². The van der Waals surface area contributed by atoms with Crippen molar-refractivity contribution in [1.82, 2.24) is 10.6 Å². The molecule has 18 heavy (non-hydrogen) atoms. The molecule has 1 aliphatic heterocycles. The highest BCUT2D eigenvalue weighted by Gasteiger charge is 2.21. The van der Waals surface area contributed by atoms with Gasteiger partial charge in [-0.05, 0) is 62.9 Å². The van der Waals surface area contributed by atoms with Crippen molar-refractivity contribution >= 4 is 56.8 Å². The SMILES string of the molecule is CN(C)c1c(I)cc([C@@H]2NCCC(=O)N2)cc1I. The molecule has 0 bridgehead atoms. The Balaban J connectivity index is 2.32. The average molecular weight is 471 g/mol. The maximum atomic E-state index is 11.4. The normalized spacial score (nSPS) is 19.6. The van der Waals surface area contributed by atoms with Crippen LogP contribution in [0.5, 0.6) is 0 Å². The first kappa shape index (κ1) is 14.3. The van der Waals surface area contributed by atoms with Gasteiger partial charge in [0.1, 0.15) is 6.17 Å². The van der Waals surface area contributed by atoms with Crippen LogP contribution in [-0.4, -0.2) is 26.5 Å². The molecule has 2 N–H and O–H groups in total. The van der Waals surface area contributed by atoms with Gasteiger partial charge in [0, 0.05) is 34.2 Å². The molecule has 1 amide bonds. The van der Waals surface area contributed by atoms with Crippen LogP contribution in [0.25, 0.3) is 0 Å². The van der Waals surface area contributed by atoms with Gasteiger partial charge < -0.3 is 10.2 Å². The molecule has 1 heterocycles. The molecule has 0 aliphatic carbocycles. The third-order valence-corrected chi connectivity index (χ3v) is 4.47. The van der Waals surface area contributed by atoms with Gasteiger partial charge in [0.15, 0.2) is 0 Å². The summed E-state index contributed by atoms with van der Waals surface area (Å²) in [6, 6.07) is 4.25. The molecule has 1 fully saturated rings. The maximum Gasteiger partial charge on any atom is 0.222 e. The molecular formula is C12H15I2N3O. The van der Waals surface area contributed by atoms with E-state index in [0.29, 0.717) is 6.42 Å². The van der Waals surface area contributed by atoms with Gasteiger partial charge in [0.2, 0.25) is 5.91 Å². The maximum absolute atomic E-state index is 11.4. The van der Waals surface area contributed by atoms with Gasteiger partial charge >= 0.3 is 0 Å². The van der Waals surface area contributed by atoms with Crippen LogP contribution in [0.1, 0.15) is 18.2 Å². The van der Waals surface area contributed by atoms with E-state index in [-0.39, 0.29) is 12.1 Å². The summed E-state index contributed by atoms with van der Waals surface area (Å²) in [5, 5.41) is 6.28. The summed E-state index contributed by atoms with van der Waals surface area (Å²) in [7, 11) is 4.08. The number of hydrogen-bond acceptors (Lipinski definition) is 3. The largest absolute Gasteiger partial charge is 0.376 e. The van der Waals surface area contributed by atoms with E-state index in [1.165, 1.54) is 12.8 Å². The molecule has 4 nitrogen and oxygen atoms in total. The fourth-order valence-corrected chi connectivity index (χ4v) is 4.78. The summed E-state index contributed by atoms with van der Waals surface area (Å²) < 4.78 is 2.39. The molecule has 0 radical (unpaired) electrons. The van der Waals surface area contributed by atoms with Gasteiger partial charge in [-0.1, -0.05) is 0 Å². The van der Waals surface area contributed by atoms with Crippen molar-refractivity contribution in [2.45, 2.75) is 12.6 Å². The molecule has 1 aromatic carbocycles. The number of carbonyl (C=O) groups excluding carboxylic acids is 1. The molecule has 0 spiro atoms. The van der Waals surface area contributed by atoms with E-state index in [9.17, 15) is 4.79 Å². The zero-order valence-electron chi connectivity index (χ0n) is 10.3. The lowest BCUT2D eigenvalue weighted by atomic mass is 10.1.